The zero-order valence-corrected chi connectivity index (χ0v) is 20.4. The van der Waals surface area contributed by atoms with E-state index in [0.717, 1.165) is 22.8 Å². The Balaban J connectivity index is 1.46. The molecule has 0 atom stereocenters. The molecule has 36 heavy (non-hydrogen) atoms. The van der Waals surface area contributed by atoms with Gasteiger partial charge in [-0.1, -0.05) is 65.8 Å². The van der Waals surface area contributed by atoms with Crippen LogP contribution in [0.3, 0.4) is 0 Å². The highest BCUT2D eigenvalue weighted by atomic mass is 35.5. The minimum Gasteiger partial charge on any atom is -0.279 e. The van der Waals surface area contributed by atoms with Crippen LogP contribution in [0.5, 0.6) is 0 Å². The first-order valence-electron chi connectivity index (χ1n) is 10.8. The fraction of sp³-hybridized carbons (Fsp3) is 0.115. The maximum atomic E-state index is 13.4. The molecule has 2 heterocycles. The van der Waals surface area contributed by atoms with Gasteiger partial charge in [0.2, 0.25) is 5.65 Å². The van der Waals surface area contributed by atoms with Gasteiger partial charge in [0.05, 0.1) is 11.3 Å². The molecule has 5 aromatic rings. The zero-order valence-electron chi connectivity index (χ0n) is 18.8. The van der Waals surface area contributed by atoms with E-state index in [1.807, 2.05) is 48.5 Å². The van der Waals surface area contributed by atoms with Gasteiger partial charge in [0, 0.05) is 23.2 Å². The summed E-state index contributed by atoms with van der Waals surface area (Å²) in [5.74, 6) is 0.565. The van der Waals surface area contributed by atoms with Gasteiger partial charge in [-0.3, -0.25) is 13.8 Å². The van der Waals surface area contributed by atoms with E-state index < -0.39 is 17.3 Å². The van der Waals surface area contributed by atoms with Crippen molar-refractivity contribution >= 4 is 29.0 Å². The molecule has 2 aromatic heterocycles. The molecule has 0 N–H and O–H groups in total. The summed E-state index contributed by atoms with van der Waals surface area (Å²) in [5.41, 5.74) is 1.94. The minimum atomic E-state index is -4.52. The zero-order chi connectivity index (χ0) is 25.4. The third-order valence-corrected chi connectivity index (χ3v) is 7.08. The number of hydrogen-bond donors (Lipinski definition) is 0. The molecule has 0 aliphatic heterocycles. The van der Waals surface area contributed by atoms with Crippen LogP contribution in [-0.2, 0) is 11.9 Å². The van der Waals surface area contributed by atoms with Gasteiger partial charge in [0.15, 0.2) is 5.16 Å². The van der Waals surface area contributed by atoms with E-state index in [4.69, 9.17) is 11.6 Å². The third-order valence-electron chi connectivity index (χ3n) is 5.84. The molecule has 3 aromatic carbocycles. The summed E-state index contributed by atoms with van der Waals surface area (Å²) in [4.78, 5) is 13.1. The molecule has 0 aliphatic rings. The van der Waals surface area contributed by atoms with Crippen LogP contribution >= 0.6 is 23.4 Å². The van der Waals surface area contributed by atoms with E-state index in [2.05, 4.69) is 10.2 Å². The van der Waals surface area contributed by atoms with Gasteiger partial charge >= 0.3 is 11.7 Å². The molecule has 0 amide bonds. The summed E-state index contributed by atoms with van der Waals surface area (Å²) in [7, 11) is 0. The number of thioether (sulfide) groups is 1. The highest BCUT2D eigenvalue weighted by Gasteiger charge is 2.33. The van der Waals surface area contributed by atoms with Crippen molar-refractivity contribution in [2.45, 2.75) is 24.0 Å². The first-order valence-corrected chi connectivity index (χ1v) is 12.2. The summed E-state index contributed by atoms with van der Waals surface area (Å²) in [6.45, 7) is 1.35. The SMILES string of the molecule is Cc1c(-n2ccn3c(SCc4ccccc4-c4ccc(Cl)cc4)nnc3c2=O)cccc1C(F)(F)F. The molecule has 182 valence electrons. The smallest absolute Gasteiger partial charge is 0.279 e. The fourth-order valence-corrected chi connectivity index (χ4v) is 5.09. The van der Waals surface area contributed by atoms with E-state index in [1.54, 1.807) is 10.6 Å². The molecule has 0 fully saturated rings. The average molecular weight is 527 g/mol. The second-order valence-corrected chi connectivity index (χ2v) is 9.43. The highest BCUT2D eigenvalue weighted by Crippen LogP contribution is 2.34. The number of hydrogen-bond acceptors (Lipinski definition) is 4. The maximum absolute atomic E-state index is 13.4. The number of rotatable bonds is 5. The van der Waals surface area contributed by atoms with E-state index in [1.165, 1.54) is 41.6 Å². The molecule has 5 nitrogen and oxygen atoms in total. The summed E-state index contributed by atoms with van der Waals surface area (Å²) < 4.78 is 42.8. The predicted molar refractivity (Wildman–Crippen MR) is 135 cm³/mol. The number of aromatic nitrogens is 4. The van der Waals surface area contributed by atoms with Crippen LogP contribution in [0, 0.1) is 6.92 Å². The lowest BCUT2D eigenvalue weighted by Crippen LogP contribution is -2.22. The second kappa shape index (κ2) is 9.48. The summed E-state index contributed by atoms with van der Waals surface area (Å²) >= 11 is 7.43. The molecule has 0 aliphatic carbocycles. The van der Waals surface area contributed by atoms with Crippen LogP contribution in [0.25, 0.3) is 22.5 Å². The Bertz CT molecular complexity index is 1630. The Morgan fingerprint density at radius 3 is 2.44 bits per heavy atom. The van der Waals surface area contributed by atoms with Crippen LogP contribution in [0.4, 0.5) is 13.2 Å². The highest BCUT2D eigenvalue weighted by molar-refractivity contribution is 7.98. The Morgan fingerprint density at radius 1 is 0.944 bits per heavy atom. The number of halogens is 4. The van der Waals surface area contributed by atoms with Crippen LogP contribution < -0.4 is 5.56 Å². The Hall–Kier alpha value is -3.56. The van der Waals surface area contributed by atoms with Crippen molar-refractivity contribution in [1.82, 2.24) is 19.2 Å². The van der Waals surface area contributed by atoms with Crippen molar-refractivity contribution in [2.75, 3.05) is 0 Å². The number of benzene rings is 3. The number of fused-ring (bicyclic) bond motifs is 1. The lowest BCUT2D eigenvalue weighted by Gasteiger charge is -2.15. The monoisotopic (exact) mass is 526 g/mol. The maximum Gasteiger partial charge on any atom is 0.416 e. The molecule has 0 unspecified atom stereocenters. The van der Waals surface area contributed by atoms with Crippen molar-refractivity contribution in [2.24, 2.45) is 0 Å². The lowest BCUT2D eigenvalue weighted by molar-refractivity contribution is -0.138. The van der Waals surface area contributed by atoms with Crippen molar-refractivity contribution in [1.29, 1.82) is 0 Å². The van der Waals surface area contributed by atoms with Gasteiger partial charge in [0.25, 0.3) is 0 Å². The molecular formula is C26H18ClF3N4OS. The first kappa shape index (κ1) is 24.1. The number of nitrogens with zero attached hydrogens (tertiary/aromatic N) is 4. The molecular weight excluding hydrogens is 509 g/mol. The number of alkyl halides is 3. The van der Waals surface area contributed by atoms with E-state index >= 15 is 0 Å². The first-order chi connectivity index (χ1) is 17.2. The molecule has 0 bridgehead atoms. The van der Waals surface area contributed by atoms with Crippen LogP contribution in [0.1, 0.15) is 16.7 Å². The van der Waals surface area contributed by atoms with Crippen LogP contribution in [-0.4, -0.2) is 19.2 Å². The van der Waals surface area contributed by atoms with E-state index in [9.17, 15) is 18.0 Å². The van der Waals surface area contributed by atoms with Gasteiger partial charge in [-0.15, -0.1) is 10.2 Å². The Kier molecular flexibility index (Phi) is 6.36. The average Bonchev–Trinajstić information content (AvgIpc) is 3.27. The summed E-state index contributed by atoms with van der Waals surface area (Å²) in [6, 6.07) is 19.3. The molecule has 0 saturated carbocycles. The quantitative estimate of drug-likeness (QED) is 0.236. The largest absolute Gasteiger partial charge is 0.416 e. The van der Waals surface area contributed by atoms with Crippen molar-refractivity contribution in [3.63, 3.8) is 0 Å². The molecule has 5 rings (SSSR count). The van der Waals surface area contributed by atoms with E-state index in [-0.39, 0.29) is 16.9 Å². The third kappa shape index (κ3) is 4.52. The molecule has 0 spiro atoms. The Morgan fingerprint density at radius 2 is 1.69 bits per heavy atom. The van der Waals surface area contributed by atoms with Gasteiger partial charge in [-0.25, -0.2) is 0 Å². The van der Waals surface area contributed by atoms with E-state index in [0.29, 0.717) is 15.9 Å². The van der Waals surface area contributed by atoms with Crippen molar-refractivity contribution in [3.8, 4) is 16.8 Å². The molecule has 10 heteroatoms. The molecule has 0 radical (unpaired) electrons. The van der Waals surface area contributed by atoms with Crippen molar-refractivity contribution in [3.05, 3.63) is 111 Å². The summed E-state index contributed by atoms with van der Waals surface area (Å²) in [5, 5.41) is 9.35. The topological polar surface area (TPSA) is 52.2 Å². The van der Waals surface area contributed by atoms with Gasteiger partial charge in [-0.2, -0.15) is 13.2 Å². The standard InChI is InChI=1S/C26H18ClF3N4OS/c1-16-21(26(28,29)30)7-4-8-22(16)33-13-14-34-23(24(33)35)31-32-25(34)36-15-18-5-2-3-6-20(18)17-9-11-19(27)12-10-17/h2-14H,15H2,1H3. The normalized spacial score (nSPS) is 11.8. The minimum absolute atomic E-state index is 0.0304. The van der Waals surface area contributed by atoms with Crippen LogP contribution in [0.2, 0.25) is 5.02 Å². The molecule has 0 saturated heterocycles. The lowest BCUT2D eigenvalue weighted by atomic mass is 10.0. The second-order valence-electron chi connectivity index (χ2n) is 8.05. The van der Waals surface area contributed by atoms with Crippen molar-refractivity contribution < 1.29 is 13.2 Å². The summed E-state index contributed by atoms with van der Waals surface area (Å²) in [6.07, 6.45) is -1.49. The Labute approximate surface area is 213 Å². The fourth-order valence-electron chi connectivity index (χ4n) is 4.05. The van der Waals surface area contributed by atoms with Gasteiger partial charge < -0.3 is 0 Å². The van der Waals surface area contributed by atoms with Gasteiger partial charge in [0.1, 0.15) is 0 Å². The van der Waals surface area contributed by atoms with Crippen LogP contribution in [0.15, 0.2) is 89.1 Å². The predicted octanol–water partition coefficient (Wildman–Crippen LogP) is 6.82. The van der Waals surface area contributed by atoms with Gasteiger partial charge in [-0.05, 0) is 53.4 Å².